The molecule has 2 aromatic rings. The van der Waals surface area contributed by atoms with Crippen LogP contribution in [0.2, 0.25) is 0 Å². The predicted octanol–water partition coefficient (Wildman–Crippen LogP) is 2.62. The first-order valence-electron chi connectivity index (χ1n) is 8.61. The van der Waals surface area contributed by atoms with Crippen LogP contribution >= 0.6 is 0 Å². The summed E-state index contributed by atoms with van der Waals surface area (Å²) in [5.74, 6) is -0.339. The van der Waals surface area contributed by atoms with Gasteiger partial charge in [0.05, 0.1) is 17.5 Å². The van der Waals surface area contributed by atoms with Gasteiger partial charge in [-0.1, -0.05) is 25.0 Å². The number of aromatic nitrogens is 2. The smallest absolute Gasteiger partial charge is 0.225 e. The topological polar surface area (TPSA) is 81.1 Å². The second-order valence-electron chi connectivity index (χ2n) is 6.48. The summed E-state index contributed by atoms with van der Waals surface area (Å²) >= 11 is 0. The van der Waals surface area contributed by atoms with E-state index in [9.17, 15) is 13.2 Å². The Kier molecular flexibility index (Phi) is 5.53. The van der Waals surface area contributed by atoms with E-state index in [4.69, 9.17) is 0 Å². The number of sulfone groups is 1. The van der Waals surface area contributed by atoms with Gasteiger partial charge in [0.15, 0.2) is 9.84 Å². The molecule has 1 fully saturated rings. The molecular formula is C18H23N3O3S. The fourth-order valence-corrected chi connectivity index (χ4v) is 5.06. The Hall–Kier alpha value is -2.15. The van der Waals surface area contributed by atoms with Gasteiger partial charge in [0.25, 0.3) is 0 Å². The van der Waals surface area contributed by atoms with Crippen molar-refractivity contribution >= 4 is 21.4 Å². The molecule has 0 saturated heterocycles. The zero-order chi connectivity index (χ0) is 17.7. The van der Waals surface area contributed by atoms with E-state index in [1.54, 1.807) is 16.9 Å². The lowest BCUT2D eigenvalue weighted by Gasteiger charge is -2.11. The van der Waals surface area contributed by atoms with Gasteiger partial charge in [-0.25, -0.2) is 8.42 Å². The molecule has 1 N–H and O–H groups in total. The highest BCUT2D eigenvalue weighted by atomic mass is 32.2. The Balaban J connectivity index is 1.54. The van der Waals surface area contributed by atoms with Gasteiger partial charge >= 0.3 is 0 Å². The summed E-state index contributed by atoms with van der Waals surface area (Å²) in [7, 11) is -3.16. The number of rotatable bonds is 7. The molecule has 0 aliphatic heterocycles. The molecule has 1 heterocycles. The van der Waals surface area contributed by atoms with E-state index in [2.05, 4.69) is 10.4 Å². The maximum absolute atomic E-state index is 12.2. The highest BCUT2D eigenvalue weighted by Crippen LogP contribution is 2.25. The molecule has 25 heavy (non-hydrogen) atoms. The van der Waals surface area contributed by atoms with Gasteiger partial charge in [-0.3, -0.25) is 9.48 Å². The SMILES string of the molecule is O=C(CCS(=O)(=O)C1CCCC1)Nc1cccc(Cn2cccn2)c1. The number of amides is 1. The fourth-order valence-electron chi connectivity index (χ4n) is 3.20. The third-order valence-electron chi connectivity index (χ3n) is 4.54. The van der Waals surface area contributed by atoms with Gasteiger partial charge in [-0.05, 0) is 36.6 Å². The number of nitrogens with one attached hydrogen (secondary N) is 1. The maximum atomic E-state index is 12.2. The van der Waals surface area contributed by atoms with Crippen LogP contribution in [0.5, 0.6) is 0 Å². The number of anilines is 1. The molecule has 6 nitrogen and oxygen atoms in total. The average Bonchev–Trinajstić information content (AvgIpc) is 3.27. The number of benzene rings is 1. The molecular weight excluding hydrogens is 338 g/mol. The minimum Gasteiger partial charge on any atom is -0.326 e. The third kappa shape index (κ3) is 4.92. The zero-order valence-corrected chi connectivity index (χ0v) is 14.9. The minimum absolute atomic E-state index is 0.00220. The van der Waals surface area contributed by atoms with Crippen molar-refractivity contribution in [2.45, 2.75) is 43.9 Å². The number of carbonyl (C=O) groups excluding carboxylic acids is 1. The van der Waals surface area contributed by atoms with Crippen LogP contribution in [0.3, 0.4) is 0 Å². The molecule has 1 saturated carbocycles. The molecule has 134 valence electrons. The summed E-state index contributed by atoms with van der Waals surface area (Å²) in [6, 6.07) is 9.36. The third-order valence-corrected chi connectivity index (χ3v) is 6.80. The van der Waals surface area contributed by atoms with Crippen molar-refractivity contribution < 1.29 is 13.2 Å². The second-order valence-corrected chi connectivity index (χ2v) is 8.88. The Bertz CT molecular complexity index is 810. The van der Waals surface area contributed by atoms with Gasteiger partial charge in [-0.2, -0.15) is 5.10 Å². The molecule has 1 aliphatic rings. The zero-order valence-electron chi connectivity index (χ0n) is 14.1. The van der Waals surface area contributed by atoms with E-state index >= 15 is 0 Å². The van der Waals surface area contributed by atoms with Crippen molar-refractivity contribution in [3.8, 4) is 0 Å². The molecule has 3 rings (SSSR count). The Morgan fingerprint density at radius 2 is 2.04 bits per heavy atom. The van der Waals surface area contributed by atoms with Crippen LogP contribution in [-0.2, 0) is 21.2 Å². The lowest BCUT2D eigenvalue weighted by Crippen LogP contribution is -2.24. The fraction of sp³-hybridized carbons (Fsp3) is 0.444. The van der Waals surface area contributed by atoms with Crippen LogP contribution in [0, 0.1) is 0 Å². The Morgan fingerprint density at radius 1 is 1.24 bits per heavy atom. The van der Waals surface area contributed by atoms with E-state index in [0.717, 1.165) is 31.2 Å². The monoisotopic (exact) mass is 361 g/mol. The second kappa shape index (κ2) is 7.82. The molecule has 0 radical (unpaired) electrons. The van der Waals surface area contributed by atoms with E-state index < -0.39 is 9.84 Å². The lowest BCUT2D eigenvalue weighted by molar-refractivity contribution is -0.115. The predicted molar refractivity (Wildman–Crippen MR) is 97.1 cm³/mol. The molecule has 1 amide bonds. The number of hydrogen-bond acceptors (Lipinski definition) is 4. The normalized spacial score (nSPS) is 15.4. The summed E-state index contributed by atoms with van der Waals surface area (Å²) in [4.78, 5) is 12.1. The number of nitrogens with zero attached hydrogens (tertiary/aromatic N) is 2. The maximum Gasteiger partial charge on any atom is 0.225 e. The van der Waals surface area contributed by atoms with Crippen LogP contribution in [0.1, 0.15) is 37.7 Å². The molecule has 1 aromatic heterocycles. The molecule has 1 aliphatic carbocycles. The average molecular weight is 361 g/mol. The summed E-state index contributed by atoms with van der Waals surface area (Å²) in [5, 5.41) is 6.70. The molecule has 0 bridgehead atoms. The quantitative estimate of drug-likeness (QED) is 0.822. The first-order chi connectivity index (χ1) is 12.0. The van der Waals surface area contributed by atoms with Crippen molar-refractivity contribution in [1.82, 2.24) is 9.78 Å². The van der Waals surface area contributed by atoms with Crippen LogP contribution in [0.25, 0.3) is 0 Å². The van der Waals surface area contributed by atoms with Crippen LogP contribution < -0.4 is 5.32 Å². The highest BCUT2D eigenvalue weighted by molar-refractivity contribution is 7.92. The lowest BCUT2D eigenvalue weighted by atomic mass is 10.2. The molecule has 7 heteroatoms. The standard InChI is InChI=1S/C18H23N3O3S/c22-18(9-12-25(23,24)17-7-1-2-8-17)20-16-6-3-5-15(13-16)14-21-11-4-10-19-21/h3-6,10-11,13,17H,1-2,7-9,12,14H2,(H,20,22). The number of carbonyl (C=O) groups is 1. The van der Waals surface area contributed by atoms with Gasteiger partial charge in [-0.15, -0.1) is 0 Å². The van der Waals surface area contributed by atoms with Gasteiger partial charge in [0.2, 0.25) is 5.91 Å². The highest BCUT2D eigenvalue weighted by Gasteiger charge is 2.28. The van der Waals surface area contributed by atoms with Crippen molar-refractivity contribution in [2.75, 3.05) is 11.1 Å². The van der Waals surface area contributed by atoms with Crippen LogP contribution in [0.4, 0.5) is 5.69 Å². The van der Waals surface area contributed by atoms with Crippen molar-refractivity contribution in [1.29, 1.82) is 0 Å². The van der Waals surface area contributed by atoms with E-state index in [1.165, 1.54) is 0 Å². The molecule has 0 spiro atoms. The van der Waals surface area contributed by atoms with Gasteiger partial charge in [0, 0.05) is 24.5 Å². The van der Waals surface area contributed by atoms with Crippen molar-refractivity contribution in [3.05, 3.63) is 48.3 Å². The summed E-state index contributed by atoms with van der Waals surface area (Å²) in [6.07, 6.45) is 7.01. The van der Waals surface area contributed by atoms with Crippen molar-refractivity contribution in [2.24, 2.45) is 0 Å². The first kappa shape index (κ1) is 17.7. The largest absolute Gasteiger partial charge is 0.326 e. The van der Waals surface area contributed by atoms with E-state index in [0.29, 0.717) is 12.2 Å². The van der Waals surface area contributed by atoms with Crippen LogP contribution in [-0.4, -0.2) is 35.1 Å². The van der Waals surface area contributed by atoms with E-state index in [1.807, 2.05) is 30.5 Å². The van der Waals surface area contributed by atoms with E-state index in [-0.39, 0.29) is 23.3 Å². The van der Waals surface area contributed by atoms with Crippen molar-refractivity contribution in [3.63, 3.8) is 0 Å². The molecule has 0 unspecified atom stereocenters. The minimum atomic E-state index is -3.16. The van der Waals surface area contributed by atoms with Crippen LogP contribution in [0.15, 0.2) is 42.7 Å². The summed E-state index contributed by atoms with van der Waals surface area (Å²) < 4.78 is 26.3. The number of hydrogen-bond donors (Lipinski definition) is 1. The molecule has 1 aromatic carbocycles. The summed E-state index contributed by atoms with van der Waals surface area (Å²) in [5.41, 5.74) is 1.69. The van der Waals surface area contributed by atoms with Gasteiger partial charge in [0.1, 0.15) is 0 Å². The van der Waals surface area contributed by atoms with Gasteiger partial charge < -0.3 is 5.32 Å². The Labute approximate surface area is 148 Å². The summed E-state index contributed by atoms with van der Waals surface area (Å²) in [6.45, 7) is 0.618. The first-order valence-corrected chi connectivity index (χ1v) is 10.3. The molecule has 0 atom stereocenters. The Morgan fingerprint density at radius 3 is 2.76 bits per heavy atom.